The molecule has 0 bridgehead atoms. The molecule has 0 fully saturated rings. The van der Waals surface area contributed by atoms with E-state index in [2.05, 4.69) is 116 Å². The van der Waals surface area contributed by atoms with Crippen molar-refractivity contribution in [3.8, 4) is 39.5 Å². The molecule has 0 aliphatic rings. The molecule has 7 rings (SSSR count). The van der Waals surface area contributed by atoms with Crippen LogP contribution in [-0.4, -0.2) is 14.5 Å². The van der Waals surface area contributed by atoms with Crippen molar-refractivity contribution >= 4 is 11.0 Å². The zero-order valence-corrected chi connectivity index (χ0v) is 28.3. The summed E-state index contributed by atoms with van der Waals surface area (Å²) in [4.78, 5) is 9.28. The molecular weight excluding hydrogens is 727 g/mol. The smallest absolute Gasteiger partial charge is 0.0774 e. The van der Waals surface area contributed by atoms with Gasteiger partial charge in [-0.1, -0.05) is 74.5 Å². The second-order valence-corrected chi connectivity index (χ2v) is 11.3. The van der Waals surface area contributed by atoms with Crippen LogP contribution in [0.1, 0.15) is 36.5 Å². The number of aromatic nitrogens is 3. The zero-order valence-electron chi connectivity index (χ0n) is 26.0. The molecule has 2 heterocycles. The van der Waals surface area contributed by atoms with Gasteiger partial charge in [0.15, 0.2) is 0 Å². The molecule has 225 valence electrons. The minimum Gasteiger partial charge on any atom is -0.333 e. The van der Waals surface area contributed by atoms with Gasteiger partial charge in [0.25, 0.3) is 0 Å². The van der Waals surface area contributed by atoms with Crippen molar-refractivity contribution in [3.05, 3.63) is 162 Å². The standard InChI is InChI=1S/C30H27N2.C11H8N.Ir/c1-20(2)26-17-21(3)29(22(4)18-26)32-28-19-25(23-11-7-5-8-12-23)15-16-27(28)31-30(32)24-13-9-6-10-14-24;1-2-6-10(7-3-1)11-8-4-5-9-12-11;/h5-13,15-20H,1-4H3;1-6,8-9H;/q2*-1;. The van der Waals surface area contributed by atoms with E-state index in [0.29, 0.717) is 5.92 Å². The molecule has 1 radical (unpaired) electrons. The van der Waals surface area contributed by atoms with Gasteiger partial charge in [0, 0.05) is 32.0 Å². The van der Waals surface area contributed by atoms with Crippen molar-refractivity contribution in [1.82, 2.24) is 14.5 Å². The average molecular weight is 762 g/mol. The van der Waals surface area contributed by atoms with Gasteiger partial charge in [-0.3, -0.25) is 4.98 Å². The summed E-state index contributed by atoms with van der Waals surface area (Å²) >= 11 is 0. The number of hydrogen-bond donors (Lipinski definition) is 0. The minimum absolute atomic E-state index is 0. The first-order chi connectivity index (χ1) is 21.5. The zero-order chi connectivity index (χ0) is 30.5. The van der Waals surface area contributed by atoms with Gasteiger partial charge in [-0.25, -0.2) is 0 Å². The van der Waals surface area contributed by atoms with E-state index >= 15 is 0 Å². The van der Waals surface area contributed by atoms with Crippen LogP contribution in [0.5, 0.6) is 0 Å². The normalized spacial score (nSPS) is 10.7. The van der Waals surface area contributed by atoms with Crippen molar-refractivity contribution < 1.29 is 20.1 Å². The number of rotatable bonds is 5. The Labute approximate surface area is 280 Å². The van der Waals surface area contributed by atoms with Crippen LogP contribution < -0.4 is 0 Å². The summed E-state index contributed by atoms with van der Waals surface area (Å²) < 4.78 is 2.32. The average Bonchev–Trinajstić information content (AvgIpc) is 3.45. The molecule has 0 saturated carbocycles. The number of nitrogens with zero attached hydrogens (tertiary/aromatic N) is 3. The van der Waals surface area contributed by atoms with Gasteiger partial charge in [-0.05, 0) is 71.5 Å². The molecule has 0 amide bonds. The van der Waals surface area contributed by atoms with Gasteiger partial charge in [-0.15, -0.1) is 71.8 Å². The monoisotopic (exact) mass is 762 g/mol. The first kappa shape index (κ1) is 31.8. The molecule has 3 nitrogen and oxygen atoms in total. The van der Waals surface area contributed by atoms with Gasteiger partial charge in [0.2, 0.25) is 0 Å². The fraction of sp³-hybridized carbons (Fsp3) is 0.122. The number of fused-ring (bicyclic) bond motifs is 1. The van der Waals surface area contributed by atoms with E-state index in [4.69, 9.17) is 4.98 Å². The van der Waals surface area contributed by atoms with Gasteiger partial charge in [0.05, 0.1) is 16.9 Å². The molecule has 0 saturated heterocycles. The Morgan fingerprint density at radius 2 is 1.29 bits per heavy atom. The molecule has 5 aromatic carbocycles. The Balaban J connectivity index is 0.000000258. The maximum absolute atomic E-state index is 5.07. The number of benzene rings is 5. The second kappa shape index (κ2) is 14.4. The quantitative estimate of drug-likeness (QED) is 0.164. The topological polar surface area (TPSA) is 30.7 Å². The summed E-state index contributed by atoms with van der Waals surface area (Å²) in [5.41, 5.74) is 12.6. The summed E-state index contributed by atoms with van der Waals surface area (Å²) in [7, 11) is 0. The van der Waals surface area contributed by atoms with Crippen LogP contribution in [-0.2, 0) is 20.1 Å². The van der Waals surface area contributed by atoms with E-state index in [0.717, 1.165) is 33.7 Å². The summed E-state index contributed by atoms with van der Waals surface area (Å²) in [6.45, 7) is 8.91. The van der Waals surface area contributed by atoms with Crippen LogP contribution in [0.2, 0.25) is 0 Å². The van der Waals surface area contributed by atoms with Crippen LogP contribution in [0.15, 0.2) is 134 Å². The number of hydrogen-bond acceptors (Lipinski definition) is 2. The summed E-state index contributed by atoms with van der Waals surface area (Å²) in [6, 6.07) is 50.0. The first-order valence-electron chi connectivity index (χ1n) is 15.0. The van der Waals surface area contributed by atoms with E-state index in [1.54, 1.807) is 6.20 Å². The summed E-state index contributed by atoms with van der Waals surface area (Å²) in [6.07, 6.45) is 1.79. The van der Waals surface area contributed by atoms with E-state index in [1.165, 1.54) is 33.5 Å². The Morgan fingerprint density at radius 1 is 0.644 bits per heavy atom. The SMILES string of the molecule is Cc1cc(C(C)C)cc(C)c1-n1c(-c2[c-]cccc2)nc2ccc(-c3ccccc3)cc21.[Ir].[c-]1ccccc1-c1ccccn1. The van der Waals surface area contributed by atoms with E-state index < -0.39 is 0 Å². The molecule has 2 aromatic heterocycles. The van der Waals surface area contributed by atoms with Crippen molar-refractivity contribution in [2.24, 2.45) is 0 Å². The van der Waals surface area contributed by atoms with Crippen molar-refractivity contribution in [2.75, 3.05) is 0 Å². The Morgan fingerprint density at radius 3 is 1.89 bits per heavy atom. The number of imidazole rings is 1. The van der Waals surface area contributed by atoms with Crippen molar-refractivity contribution in [3.63, 3.8) is 0 Å². The molecule has 0 N–H and O–H groups in total. The van der Waals surface area contributed by atoms with E-state index in [-0.39, 0.29) is 20.1 Å². The summed E-state index contributed by atoms with van der Waals surface area (Å²) in [5, 5.41) is 0. The maximum atomic E-state index is 5.07. The third kappa shape index (κ3) is 7.04. The Hall–Kier alpha value is -4.63. The minimum atomic E-state index is 0. The molecule has 0 unspecified atom stereocenters. The van der Waals surface area contributed by atoms with Crippen molar-refractivity contribution in [2.45, 2.75) is 33.6 Å². The van der Waals surface area contributed by atoms with Crippen LogP contribution in [0.4, 0.5) is 0 Å². The Bertz CT molecular complexity index is 1920. The van der Waals surface area contributed by atoms with Crippen LogP contribution in [0, 0.1) is 26.0 Å². The molecule has 0 aliphatic heterocycles. The van der Waals surface area contributed by atoms with Crippen LogP contribution in [0.3, 0.4) is 0 Å². The van der Waals surface area contributed by atoms with E-state index in [1.807, 2.05) is 60.7 Å². The third-order valence-corrected chi connectivity index (χ3v) is 7.77. The van der Waals surface area contributed by atoms with E-state index in [9.17, 15) is 0 Å². The largest absolute Gasteiger partial charge is 0.333 e. The van der Waals surface area contributed by atoms with Crippen LogP contribution in [0.25, 0.3) is 50.5 Å². The van der Waals surface area contributed by atoms with Gasteiger partial charge >= 0.3 is 0 Å². The molecular formula is C41H35IrN3-2. The third-order valence-electron chi connectivity index (χ3n) is 7.77. The fourth-order valence-electron chi connectivity index (χ4n) is 5.58. The molecule has 7 aromatic rings. The van der Waals surface area contributed by atoms with Gasteiger partial charge in [0.1, 0.15) is 0 Å². The predicted molar refractivity (Wildman–Crippen MR) is 183 cm³/mol. The number of aryl methyl sites for hydroxylation is 2. The number of pyridine rings is 1. The van der Waals surface area contributed by atoms with Gasteiger partial charge in [-0.2, -0.15) is 0 Å². The molecule has 45 heavy (non-hydrogen) atoms. The predicted octanol–water partition coefficient (Wildman–Crippen LogP) is 10.4. The maximum Gasteiger partial charge on any atom is 0.0774 e. The summed E-state index contributed by atoms with van der Waals surface area (Å²) in [5.74, 6) is 1.42. The molecule has 4 heteroatoms. The molecule has 0 atom stereocenters. The molecule has 0 spiro atoms. The molecule has 0 aliphatic carbocycles. The first-order valence-corrected chi connectivity index (χ1v) is 15.0. The second-order valence-electron chi connectivity index (χ2n) is 11.3. The van der Waals surface area contributed by atoms with Crippen LogP contribution >= 0.6 is 0 Å². The van der Waals surface area contributed by atoms with Gasteiger partial charge < -0.3 is 9.55 Å². The fourth-order valence-corrected chi connectivity index (χ4v) is 5.58. The van der Waals surface area contributed by atoms with Crippen molar-refractivity contribution in [1.29, 1.82) is 0 Å². The Kier molecular flexibility index (Phi) is 10.2.